The van der Waals surface area contributed by atoms with Crippen LogP contribution in [0.2, 0.25) is 19.6 Å². The first-order valence-corrected chi connectivity index (χ1v) is 16.2. The van der Waals surface area contributed by atoms with Crippen molar-refractivity contribution in [1.29, 1.82) is 0 Å². The number of aryl methyl sites for hydroxylation is 1. The van der Waals surface area contributed by atoms with Crippen LogP contribution in [0, 0.1) is 19.0 Å². The normalized spacial score (nSPS) is 12.6. The number of thiophene rings is 1. The third-order valence-electron chi connectivity index (χ3n) is 5.97. The van der Waals surface area contributed by atoms with E-state index in [1.54, 1.807) is 18.2 Å². The summed E-state index contributed by atoms with van der Waals surface area (Å²) in [6.07, 6.45) is 3.24. The number of rotatable bonds is 3. The summed E-state index contributed by atoms with van der Waals surface area (Å²) in [7, 11) is -1.29. The van der Waals surface area contributed by atoms with Crippen LogP contribution >= 0.6 is 11.3 Å². The van der Waals surface area contributed by atoms with Crippen LogP contribution in [0.5, 0.6) is 0 Å². The van der Waals surface area contributed by atoms with Crippen molar-refractivity contribution in [3.05, 3.63) is 115 Å². The smallest absolute Gasteiger partial charge is 0.0776 e. The zero-order valence-electron chi connectivity index (χ0n) is 23.9. The molecule has 5 heteroatoms. The van der Waals surface area contributed by atoms with Crippen molar-refractivity contribution in [1.82, 2.24) is 9.97 Å². The molecule has 0 saturated heterocycles. The minimum Gasteiger partial charge on any atom is -0.305 e. The van der Waals surface area contributed by atoms with Crippen molar-refractivity contribution in [2.75, 3.05) is 0 Å². The first-order valence-electron chi connectivity index (χ1n) is 13.3. The van der Waals surface area contributed by atoms with Crippen LogP contribution in [0.4, 0.5) is 0 Å². The molecule has 6 rings (SSSR count). The van der Waals surface area contributed by atoms with Crippen molar-refractivity contribution >= 4 is 44.8 Å². The molecule has 3 heterocycles. The van der Waals surface area contributed by atoms with Crippen LogP contribution in [0.3, 0.4) is 0 Å². The second-order valence-corrected chi connectivity index (χ2v) is 15.7. The first-order chi connectivity index (χ1) is 18.6. The molecule has 0 N–H and O–H groups in total. The van der Waals surface area contributed by atoms with E-state index in [-0.39, 0.29) is 25.7 Å². The van der Waals surface area contributed by atoms with Gasteiger partial charge in [0.05, 0.1) is 8.07 Å². The van der Waals surface area contributed by atoms with E-state index in [2.05, 4.69) is 72.1 Å². The SMILES string of the molecule is C[Si](C)(C)c1ccc2c(c1)sc1c(-c3ccccn3)[c-]ccc12.[2H]C([2H])([2H])c1ccc(-c2[c-]cccc2)nc1.[Ir]. The molecule has 187 valence electrons. The van der Waals surface area contributed by atoms with Gasteiger partial charge in [0.1, 0.15) is 0 Å². The van der Waals surface area contributed by atoms with Crippen LogP contribution < -0.4 is 5.19 Å². The fourth-order valence-corrected chi connectivity index (χ4v) is 6.53. The van der Waals surface area contributed by atoms with Gasteiger partial charge in [-0.15, -0.1) is 59.7 Å². The van der Waals surface area contributed by atoms with E-state index in [0.717, 1.165) is 22.5 Å². The van der Waals surface area contributed by atoms with Crippen LogP contribution in [-0.4, -0.2) is 18.0 Å². The van der Waals surface area contributed by atoms with Gasteiger partial charge in [0.2, 0.25) is 0 Å². The fourth-order valence-electron chi connectivity index (χ4n) is 4.01. The van der Waals surface area contributed by atoms with Crippen LogP contribution in [-0.2, 0) is 20.1 Å². The molecule has 0 aliphatic rings. The Morgan fingerprint density at radius 2 is 1.68 bits per heavy atom. The second kappa shape index (κ2) is 11.6. The molecular formula is C32H28IrN2SSi-2. The maximum Gasteiger partial charge on any atom is 0.0776 e. The summed E-state index contributed by atoms with van der Waals surface area (Å²) < 4.78 is 24.4. The Hall–Kier alpha value is -2.95. The largest absolute Gasteiger partial charge is 0.305 e. The molecule has 6 aromatic rings. The van der Waals surface area contributed by atoms with E-state index in [1.807, 2.05) is 53.9 Å². The number of hydrogen-bond donors (Lipinski definition) is 0. The topological polar surface area (TPSA) is 25.8 Å². The molecule has 1 radical (unpaired) electrons. The third kappa shape index (κ3) is 6.14. The number of fused-ring (bicyclic) bond motifs is 3. The van der Waals surface area contributed by atoms with E-state index in [0.29, 0.717) is 0 Å². The van der Waals surface area contributed by atoms with Crippen molar-refractivity contribution in [2.45, 2.75) is 26.5 Å². The summed E-state index contributed by atoms with van der Waals surface area (Å²) in [6, 6.07) is 34.4. The molecular weight excluding hydrogens is 665 g/mol. The standard InChI is InChI=1S/C20H18NSSi.C12H10N.Ir/c1-23(2,3)14-10-11-15-16-7-6-8-17(18-9-4-5-12-21-18)20(16)22-19(15)13-14;1-10-7-8-12(13-9-10)11-5-3-2-4-6-11;/h4-7,9-13H,1-3H3;2-5,7-9H,1H3;/q2*-1;/i;1D3;. The van der Waals surface area contributed by atoms with E-state index < -0.39 is 14.9 Å². The van der Waals surface area contributed by atoms with Gasteiger partial charge in [-0.2, -0.15) is 11.3 Å². The van der Waals surface area contributed by atoms with E-state index >= 15 is 0 Å². The maximum absolute atomic E-state index is 7.23. The number of nitrogens with zero attached hydrogens (tertiary/aromatic N) is 2. The zero-order valence-corrected chi connectivity index (χ0v) is 25.1. The van der Waals surface area contributed by atoms with Gasteiger partial charge < -0.3 is 9.97 Å². The minimum atomic E-state index is -2.09. The third-order valence-corrected chi connectivity index (χ3v) is 9.20. The predicted octanol–water partition coefficient (Wildman–Crippen LogP) is 8.32. The Bertz CT molecular complexity index is 1710. The molecule has 0 atom stereocenters. The predicted molar refractivity (Wildman–Crippen MR) is 158 cm³/mol. The molecule has 2 nitrogen and oxygen atoms in total. The molecule has 0 aliphatic heterocycles. The van der Waals surface area contributed by atoms with E-state index in [1.165, 1.54) is 31.6 Å². The van der Waals surface area contributed by atoms with Gasteiger partial charge in [-0.05, 0) is 46.0 Å². The molecule has 0 amide bonds. The molecule has 0 bridgehead atoms. The molecule has 0 unspecified atom stereocenters. The molecule has 0 saturated carbocycles. The van der Waals surface area contributed by atoms with E-state index in [4.69, 9.17) is 4.11 Å². The summed E-state index contributed by atoms with van der Waals surface area (Å²) in [5.74, 6) is 0. The summed E-state index contributed by atoms with van der Waals surface area (Å²) in [5.41, 5.74) is 3.95. The number of hydrogen-bond acceptors (Lipinski definition) is 3. The quantitative estimate of drug-likeness (QED) is 0.138. The van der Waals surface area contributed by atoms with Gasteiger partial charge in [-0.25, -0.2) is 0 Å². The molecule has 3 aromatic heterocycles. The van der Waals surface area contributed by atoms with Gasteiger partial charge in [0, 0.05) is 41.3 Å². The van der Waals surface area contributed by atoms with Gasteiger partial charge in [-0.1, -0.05) is 66.6 Å². The van der Waals surface area contributed by atoms with Crippen LogP contribution in [0.25, 0.3) is 42.7 Å². The maximum atomic E-state index is 7.23. The van der Waals surface area contributed by atoms with E-state index in [9.17, 15) is 0 Å². The Balaban J connectivity index is 0.000000192. The molecule has 0 aliphatic carbocycles. The Morgan fingerprint density at radius 1 is 0.811 bits per heavy atom. The first kappa shape index (κ1) is 23.2. The molecule has 37 heavy (non-hydrogen) atoms. The van der Waals surface area contributed by atoms with Crippen LogP contribution in [0.1, 0.15) is 9.68 Å². The van der Waals surface area contributed by atoms with Crippen molar-refractivity contribution < 1.29 is 24.2 Å². The van der Waals surface area contributed by atoms with Crippen LogP contribution in [0.15, 0.2) is 97.3 Å². The summed E-state index contributed by atoms with van der Waals surface area (Å²) in [4.78, 5) is 8.63. The minimum absolute atomic E-state index is 0. The van der Waals surface area contributed by atoms with Gasteiger partial charge in [0.25, 0.3) is 0 Å². The summed E-state index contributed by atoms with van der Waals surface area (Å²) in [5, 5.41) is 4.17. The average Bonchev–Trinajstić information content (AvgIpc) is 3.32. The fraction of sp³-hybridized carbons (Fsp3) is 0.125. The van der Waals surface area contributed by atoms with Gasteiger partial charge in [-0.3, -0.25) is 0 Å². The van der Waals surface area contributed by atoms with Crippen molar-refractivity contribution in [3.63, 3.8) is 0 Å². The Kier molecular flexibility index (Phi) is 7.28. The van der Waals surface area contributed by atoms with Gasteiger partial charge >= 0.3 is 0 Å². The molecule has 0 spiro atoms. The Labute approximate surface area is 242 Å². The number of pyridine rings is 2. The zero-order chi connectivity index (χ0) is 27.6. The van der Waals surface area contributed by atoms with Gasteiger partial charge in [0.15, 0.2) is 0 Å². The second-order valence-electron chi connectivity index (χ2n) is 9.58. The molecule has 3 aromatic carbocycles. The Morgan fingerprint density at radius 3 is 2.35 bits per heavy atom. The summed E-state index contributed by atoms with van der Waals surface area (Å²) in [6.45, 7) is 5.10. The number of benzene rings is 3. The molecule has 0 fully saturated rings. The monoisotopic (exact) mass is 696 g/mol. The number of aromatic nitrogens is 2. The average molecular weight is 696 g/mol. The summed E-state index contributed by atoms with van der Waals surface area (Å²) >= 11 is 1.86. The van der Waals surface area contributed by atoms with Crippen molar-refractivity contribution in [2.24, 2.45) is 0 Å². The van der Waals surface area contributed by atoms with Crippen molar-refractivity contribution in [3.8, 4) is 22.5 Å².